The summed E-state index contributed by atoms with van der Waals surface area (Å²) >= 11 is 5.96. The van der Waals surface area contributed by atoms with Crippen LogP contribution in [-0.2, 0) is 6.54 Å². The lowest BCUT2D eigenvalue weighted by molar-refractivity contribution is 0.397. The highest BCUT2D eigenvalue weighted by Gasteiger charge is 2.08. The summed E-state index contributed by atoms with van der Waals surface area (Å²) in [5.41, 5.74) is 6.73. The quantitative estimate of drug-likeness (QED) is 0.930. The Morgan fingerprint density at radius 1 is 1.32 bits per heavy atom. The first-order valence-corrected chi connectivity index (χ1v) is 6.10. The van der Waals surface area contributed by atoms with Crippen molar-refractivity contribution in [1.82, 2.24) is 9.97 Å². The van der Waals surface area contributed by atoms with Gasteiger partial charge in [-0.2, -0.15) is 9.97 Å². The van der Waals surface area contributed by atoms with Crippen LogP contribution in [-0.4, -0.2) is 24.1 Å². The van der Waals surface area contributed by atoms with Crippen molar-refractivity contribution in [3.8, 4) is 5.88 Å². The molecule has 0 saturated carbocycles. The van der Waals surface area contributed by atoms with Crippen molar-refractivity contribution >= 4 is 23.4 Å². The van der Waals surface area contributed by atoms with Gasteiger partial charge in [-0.1, -0.05) is 23.7 Å². The fourth-order valence-electron chi connectivity index (χ4n) is 1.72. The van der Waals surface area contributed by atoms with Crippen molar-refractivity contribution in [2.45, 2.75) is 6.54 Å². The minimum Gasteiger partial charge on any atom is -0.481 e. The van der Waals surface area contributed by atoms with E-state index in [2.05, 4.69) is 9.97 Å². The second kappa shape index (κ2) is 5.75. The fourth-order valence-corrected chi connectivity index (χ4v) is 1.93. The van der Waals surface area contributed by atoms with E-state index < -0.39 is 0 Å². The van der Waals surface area contributed by atoms with Gasteiger partial charge in [0.1, 0.15) is 5.82 Å². The zero-order valence-corrected chi connectivity index (χ0v) is 11.6. The van der Waals surface area contributed by atoms with Crippen molar-refractivity contribution < 1.29 is 4.74 Å². The molecule has 0 radical (unpaired) electrons. The van der Waals surface area contributed by atoms with E-state index in [1.54, 1.807) is 13.2 Å². The Balaban J connectivity index is 2.20. The maximum atomic E-state index is 5.96. The Kier molecular flexibility index (Phi) is 4.06. The number of benzene rings is 1. The van der Waals surface area contributed by atoms with Crippen molar-refractivity contribution in [2.75, 3.05) is 24.8 Å². The molecule has 2 rings (SSSR count). The predicted octanol–water partition coefficient (Wildman–Crippen LogP) is 2.36. The first kappa shape index (κ1) is 13.4. The van der Waals surface area contributed by atoms with Crippen LogP contribution in [0.1, 0.15) is 5.56 Å². The lowest BCUT2D eigenvalue weighted by Crippen LogP contribution is -2.18. The third-order valence-corrected chi connectivity index (χ3v) is 2.85. The summed E-state index contributed by atoms with van der Waals surface area (Å²) in [6, 6.07) is 9.42. The van der Waals surface area contributed by atoms with Gasteiger partial charge in [0.05, 0.1) is 7.11 Å². The van der Waals surface area contributed by atoms with Crippen LogP contribution in [0.25, 0.3) is 0 Å². The Labute approximate surface area is 117 Å². The van der Waals surface area contributed by atoms with E-state index in [0.717, 1.165) is 5.56 Å². The zero-order valence-electron chi connectivity index (χ0n) is 10.8. The molecule has 6 heteroatoms. The summed E-state index contributed by atoms with van der Waals surface area (Å²) in [4.78, 5) is 10.1. The molecule has 0 aliphatic carbocycles. The number of halogens is 1. The number of anilines is 2. The van der Waals surface area contributed by atoms with E-state index in [1.807, 2.05) is 36.2 Å². The molecular weight excluding hydrogens is 264 g/mol. The van der Waals surface area contributed by atoms with Crippen LogP contribution in [0, 0.1) is 0 Å². The molecule has 0 aliphatic rings. The Morgan fingerprint density at radius 3 is 2.79 bits per heavy atom. The minimum absolute atomic E-state index is 0.187. The van der Waals surface area contributed by atoms with E-state index in [0.29, 0.717) is 23.3 Å². The summed E-state index contributed by atoms with van der Waals surface area (Å²) in [6.07, 6.45) is 0. The molecule has 1 aromatic heterocycles. The third kappa shape index (κ3) is 3.48. The van der Waals surface area contributed by atoms with Crippen LogP contribution in [0.3, 0.4) is 0 Å². The molecule has 0 unspecified atom stereocenters. The number of ether oxygens (including phenoxy) is 1. The molecule has 1 aromatic carbocycles. The molecule has 5 nitrogen and oxygen atoms in total. The van der Waals surface area contributed by atoms with Crippen LogP contribution in [0.2, 0.25) is 5.02 Å². The van der Waals surface area contributed by atoms with Crippen LogP contribution in [0.4, 0.5) is 11.8 Å². The Bertz CT molecular complexity index is 576. The van der Waals surface area contributed by atoms with Gasteiger partial charge in [-0.25, -0.2) is 0 Å². The van der Waals surface area contributed by atoms with Crippen LogP contribution in [0.5, 0.6) is 5.88 Å². The highest BCUT2D eigenvalue weighted by atomic mass is 35.5. The van der Waals surface area contributed by atoms with Crippen LogP contribution < -0.4 is 15.4 Å². The SMILES string of the molecule is COc1cc(N(C)Cc2cccc(Cl)c2)nc(N)n1. The number of nitrogens with zero attached hydrogens (tertiary/aromatic N) is 3. The van der Waals surface area contributed by atoms with Crippen LogP contribution >= 0.6 is 11.6 Å². The number of hydrogen-bond acceptors (Lipinski definition) is 5. The van der Waals surface area contributed by atoms with E-state index in [9.17, 15) is 0 Å². The maximum absolute atomic E-state index is 5.96. The predicted molar refractivity (Wildman–Crippen MR) is 76.6 cm³/mol. The van der Waals surface area contributed by atoms with Gasteiger partial charge in [-0.15, -0.1) is 0 Å². The molecular formula is C13H15ClN4O. The number of nitrogen functional groups attached to an aromatic ring is 1. The number of nitrogens with two attached hydrogens (primary N) is 1. The molecule has 0 fully saturated rings. The normalized spacial score (nSPS) is 10.3. The molecule has 100 valence electrons. The summed E-state index contributed by atoms with van der Waals surface area (Å²) < 4.78 is 5.08. The van der Waals surface area contributed by atoms with Gasteiger partial charge < -0.3 is 15.4 Å². The summed E-state index contributed by atoms with van der Waals surface area (Å²) in [6.45, 7) is 0.667. The van der Waals surface area contributed by atoms with Crippen molar-refractivity contribution in [3.63, 3.8) is 0 Å². The number of rotatable bonds is 4. The first-order valence-electron chi connectivity index (χ1n) is 5.72. The highest BCUT2D eigenvalue weighted by molar-refractivity contribution is 6.30. The van der Waals surface area contributed by atoms with Crippen molar-refractivity contribution in [1.29, 1.82) is 0 Å². The van der Waals surface area contributed by atoms with Gasteiger partial charge in [0.25, 0.3) is 0 Å². The average molecular weight is 279 g/mol. The topological polar surface area (TPSA) is 64.3 Å². The van der Waals surface area contributed by atoms with Crippen LogP contribution in [0.15, 0.2) is 30.3 Å². The van der Waals surface area contributed by atoms with Gasteiger partial charge in [-0.3, -0.25) is 0 Å². The van der Waals surface area contributed by atoms with Crippen molar-refractivity contribution in [2.24, 2.45) is 0 Å². The Morgan fingerprint density at radius 2 is 2.11 bits per heavy atom. The summed E-state index contributed by atoms with van der Waals surface area (Å²) in [5, 5.41) is 0.714. The van der Waals surface area contributed by atoms with Gasteiger partial charge in [0.15, 0.2) is 0 Å². The van der Waals surface area contributed by atoms with E-state index >= 15 is 0 Å². The molecule has 0 spiro atoms. The van der Waals surface area contributed by atoms with E-state index in [-0.39, 0.29) is 5.95 Å². The highest BCUT2D eigenvalue weighted by Crippen LogP contribution is 2.20. The van der Waals surface area contributed by atoms with Crippen molar-refractivity contribution in [3.05, 3.63) is 40.9 Å². The monoisotopic (exact) mass is 278 g/mol. The molecule has 0 bridgehead atoms. The maximum Gasteiger partial charge on any atom is 0.225 e. The summed E-state index contributed by atoms with van der Waals surface area (Å²) in [7, 11) is 3.46. The molecule has 19 heavy (non-hydrogen) atoms. The average Bonchev–Trinajstić information content (AvgIpc) is 2.38. The number of hydrogen-bond donors (Lipinski definition) is 1. The van der Waals surface area contributed by atoms with E-state index in [1.165, 1.54) is 0 Å². The number of methoxy groups -OCH3 is 1. The molecule has 2 aromatic rings. The molecule has 0 saturated heterocycles. The standard InChI is InChI=1S/C13H15ClN4O/c1-18(8-9-4-3-5-10(14)6-9)11-7-12(19-2)17-13(15)16-11/h3-7H,8H2,1-2H3,(H2,15,16,17). The second-order valence-corrected chi connectivity index (χ2v) is 4.55. The lowest BCUT2D eigenvalue weighted by Gasteiger charge is -2.19. The van der Waals surface area contributed by atoms with Gasteiger partial charge >= 0.3 is 0 Å². The molecule has 0 atom stereocenters. The van der Waals surface area contributed by atoms with Gasteiger partial charge in [-0.05, 0) is 17.7 Å². The fraction of sp³-hybridized carbons (Fsp3) is 0.231. The van der Waals surface area contributed by atoms with E-state index in [4.69, 9.17) is 22.1 Å². The smallest absolute Gasteiger partial charge is 0.225 e. The second-order valence-electron chi connectivity index (χ2n) is 4.11. The lowest BCUT2D eigenvalue weighted by atomic mass is 10.2. The van der Waals surface area contributed by atoms with Gasteiger partial charge in [0, 0.05) is 24.7 Å². The summed E-state index contributed by atoms with van der Waals surface area (Å²) in [5.74, 6) is 1.33. The first-order chi connectivity index (χ1) is 9.08. The minimum atomic E-state index is 0.187. The van der Waals surface area contributed by atoms with Gasteiger partial charge in [0.2, 0.25) is 11.8 Å². The zero-order chi connectivity index (χ0) is 13.8. The largest absolute Gasteiger partial charge is 0.481 e. The third-order valence-electron chi connectivity index (χ3n) is 2.62. The molecule has 0 amide bonds. The molecule has 0 aliphatic heterocycles. The molecule has 2 N–H and O–H groups in total. The Hall–Kier alpha value is -2.01. The molecule has 1 heterocycles. The number of aromatic nitrogens is 2.